The molecule has 2 saturated heterocycles. The molecule has 3 nitrogen and oxygen atoms in total. The maximum Gasteiger partial charge on any atom is 0.157 e. The topological polar surface area (TPSA) is 27.6 Å². The average molecular weight is 295 g/mol. The minimum Gasteiger partial charge on any atom is -0.359 e. The van der Waals surface area contributed by atoms with Gasteiger partial charge < -0.3 is 10.2 Å². The summed E-state index contributed by atoms with van der Waals surface area (Å²) in [4.78, 5) is 7.38. The zero-order chi connectivity index (χ0) is 13.8. The standard InChI is InChI=1S/C16H29N3S/c1-14-5-7-16(8-6-14)13-20-15(18-16)17-9-4-12-19-10-2-3-11-19/h14H,2-13H2,1H3,(H,17,18). The molecule has 0 aromatic rings. The van der Waals surface area contributed by atoms with Gasteiger partial charge in [-0.2, -0.15) is 0 Å². The molecule has 3 rings (SSSR count). The van der Waals surface area contributed by atoms with Crippen LogP contribution in [0.15, 0.2) is 4.99 Å². The highest BCUT2D eigenvalue weighted by atomic mass is 32.2. The van der Waals surface area contributed by atoms with Crippen molar-refractivity contribution in [3.8, 4) is 0 Å². The predicted molar refractivity (Wildman–Crippen MR) is 88.5 cm³/mol. The van der Waals surface area contributed by atoms with E-state index >= 15 is 0 Å². The predicted octanol–water partition coefficient (Wildman–Crippen LogP) is 3.11. The van der Waals surface area contributed by atoms with Gasteiger partial charge in [0.15, 0.2) is 5.17 Å². The Balaban J connectivity index is 1.39. The summed E-state index contributed by atoms with van der Waals surface area (Å²) in [6.45, 7) is 7.25. The summed E-state index contributed by atoms with van der Waals surface area (Å²) in [6, 6.07) is 0. The number of hydrogen-bond acceptors (Lipinski definition) is 3. The first-order valence-electron chi connectivity index (χ1n) is 8.44. The molecule has 0 unspecified atom stereocenters. The second-order valence-corrected chi connectivity index (χ2v) is 7.93. The van der Waals surface area contributed by atoms with E-state index in [1.165, 1.54) is 75.5 Å². The van der Waals surface area contributed by atoms with Crippen molar-refractivity contribution in [1.82, 2.24) is 10.2 Å². The maximum absolute atomic E-state index is 4.79. The van der Waals surface area contributed by atoms with Crippen LogP contribution in [0.3, 0.4) is 0 Å². The molecule has 3 aliphatic rings. The third-order valence-electron chi connectivity index (χ3n) is 5.18. The quantitative estimate of drug-likeness (QED) is 0.808. The van der Waals surface area contributed by atoms with Gasteiger partial charge in [-0.25, -0.2) is 0 Å². The minimum atomic E-state index is 0.394. The van der Waals surface area contributed by atoms with Gasteiger partial charge in [0.25, 0.3) is 0 Å². The van der Waals surface area contributed by atoms with Crippen molar-refractivity contribution in [2.75, 3.05) is 31.9 Å². The number of amidine groups is 1. The van der Waals surface area contributed by atoms with Gasteiger partial charge in [0, 0.05) is 17.8 Å². The first-order chi connectivity index (χ1) is 9.76. The molecule has 1 N–H and O–H groups in total. The van der Waals surface area contributed by atoms with Crippen LogP contribution >= 0.6 is 11.8 Å². The van der Waals surface area contributed by atoms with Crippen LogP contribution in [-0.4, -0.2) is 47.5 Å². The summed E-state index contributed by atoms with van der Waals surface area (Å²) >= 11 is 1.96. The van der Waals surface area contributed by atoms with Crippen LogP contribution < -0.4 is 5.32 Å². The van der Waals surface area contributed by atoms with Gasteiger partial charge in [0.2, 0.25) is 0 Å². The molecule has 4 heteroatoms. The van der Waals surface area contributed by atoms with E-state index in [4.69, 9.17) is 4.99 Å². The molecular weight excluding hydrogens is 266 g/mol. The number of nitrogens with zero attached hydrogens (tertiary/aromatic N) is 2. The third-order valence-corrected chi connectivity index (χ3v) is 6.38. The first kappa shape index (κ1) is 14.7. The Labute approximate surface area is 128 Å². The molecule has 1 spiro atoms. The zero-order valence-electron chi connectivity index (χ0n) is 12.9. The van der Waals surface area contributed by atoms with E-state index in [2.05, 4.69) is 17.1 Å². The molecule has 1 saturated carbocycles. The van der Waals surface area contributed by atoms with Gasteiger partial charge in [-0.1, -0.05) is 18.7 Å². The fourth-order valence-electron chi connectivity index (χ4n) is 3.66. The molecule has 2 heterocycles. The lowest BCUT2D eigenvalue weighted by Gasteiger charge is -2.35. The van der Waals surface area contributed by atoms with Crippen LogP contribution in [0.4, 0.5) is 0 Å². The third kappa shape index (κ3) is 3.70. The Hall–Kier alpha value is -0.220. The Morgan fingerprint density at radius 2 is 2.05 bits per heavy atom. The van der Waals surface area contributed by atoms with Crippen molar-refractivity contribution < 1.29 is 0 Å². The van der Waals surface area contributed by atoms with Crippen LogP contribution in [0.5, 0.6) is 0 Å². The number of likely N-dealkylation sites (tertiary alicyclic amines) is 1. The average Bonchev–Trinajstić information content (AvgIpc) is 3.09. The molecular formula is C16H29N3S. The van der Waals surface area contributed by atoms with Gasteiger partial charge >= 0.3 is 0 Å². The Bertz CT molecular complexity index is 342. The summed E-state index contributed by atoms with van der Waals surface area (Å²) in [5.41, 5.74) is 0.394. The fraction of sp³-hybridized carbons (Fsp3) is 0.938. The molecule has 0 aromatic carbocycles. The van der Waals surface area contributed by atoms with Crippen molar-refractivity contribution >= 4 is 16.9 Å². The SMILES string of the molecule is CC1CCC2(CC1)CSC(=NCCCN1CCCC1)N2. The molecule has 3 fully saturated rings. The summed E-state index contributed by atoms with van der Waals surface area (Å²) in [6.07, 6.45) is 9.46. The van der Waals surface area contributed by atoms with Gasteiger partial charge in [-0.05, 0) is 70.5 Å². The van der Waals surface area contributed by atoms with Crippen molar-refractivity contribution in [2.24, 2.45) is 10.9 Å². The normalized spacial score (nSPS) is 36.9. The molecule has 114 valence electrons. The monoisotopic (exact) mass is 295 g/mol. The van der Waals surface area contributed by atoms with Crippen LogP contribution in [0.2, 0.25) is 0 Å². The highest BCUT2D eigenvalue weighted by Crippen LogP contribution is 2.38. The van der Waals surface area contributed by atoms with Gasteiger partial charge in [0.05, 0.1) is 0 Å². The second kappa shape index (κ2) is 6.69. The first-order valence-corrected chi connectivity index (χ1v) is 9.42. The molecule has 0 atom stereocenters. The Kier molecular flexibility index (Phi) is 4.92. The summed E-state index contributed by atoms with van der Waals surface area (Å²) in [5, 5.41) is 4.98. The Morgan fingerprint density at radius 3 is 2.80 bits per heavy atom. The number of thioether (sulfide) groups is 1. The fourth-order valence-corrected chi connectivity index (χ4v) is 4.90. The summed E-state index contributed by atoms with van der Waals surface area (Å²) in [7, 11) is 0. The van der Waals surface area contributed by atoms with Gasteiger partial charge in [0.1, 0.15) is 0 Å². The molecule has 2 aliphatic heterocycles. The van der Waals surface area contributed by atoms with Gasteiger partial charge in [-0.3, -0.25) is 4.99 Å². The molecule has 0 radical (unpaired) electrons. The van der Waals surface area contributed by atoms with Crippen LogP contribution in [-0.2, 0) is 0 Å². The molecule has 1 aliphatic carbocycles. The van der Waals surface area contributed by atoms with Crippen molar-refractivity contribution in [2.45, 2.75) is 57.4 Å². The summed E-state index contributed by atoms with van der Waals surface area (Å²) < 4.78 is 0. The zero-order valence-corrected chi connectivity index (χ0v) is 13.7. The lowest BCUT2D eigenvalue weighted by Crippen LogP contribution is -2.46. The van der Waals surface area contributed by atoms with Crippen LogP contribution in [0.25, 0.3) is 0 Å². The second-order valence-electron chi connectivity index (χ2n) is 6.97. The molecule has 20 heavy (non-hydrogen) atoms. The van der Waals surface area contributed by atoms with Gasteiger partial charge in [-0.15, -0.1) is 0 Å². The van der Waals surface area contributed by atoms with E-state index in [1.54, 1.807) is 0 Å². The molecule has 0 amide bonds. The lowest BCUT2D eigenvalue weighted by molar-refractivity contribution is 0.251. The number of rotatable bonds is 4. The number of aliphatic imine (C=N–C) groups is 1. The van der Waals surface area contributed by atoms with E-state index in [9.17, 15) is 0 Å². The number of hydrogen-bond donors (Lipinski definition) is 1. The lowest BCUT2D eigenvalue weighted by atomic mass is 9.78. The Morgan fingerprint density at radius 1 is 1.30 bits per heavy atom. The highest BCUT2D eigenvalue weighted by molar-refractivity contribution is 8.14. The van der Waals surface area contributed by atoms with E-state index in [1.807, 2.05) is 11.8 Å². The molecule has 0 bridgehead atoms. The maximum atomic E-state index is 4.79. The smallest absolute Gasteiger partial charge is 0.157 e. The number of nitrogens with one attached hydrogen (secondary N) is 1. The molecule has 0 aromatic heterocycles. The largest absolute Gasteiger partial charge is 0.359 e. The summed E-state index contributed by atoms with van der Waals surface area (Å²) in [5.74, 6) is 2.17. The van der Waals surface area contributed by atoms with Crippen molar-refractivity contribution in [3.63, 3.8) is 0 Å². The van der Waals surface area contributed by atoms with E-state index < -0.39 is 0 Å². The van der Waals surface area contributed by atoms with E-state index in [0.717, 1.165) is 12.5 Å². The van der Waals surface area contributed by atoms with Crippen LogP contribution in [0, 0.1) is 5.92 Å². The van der Waals surface area contributed by atoms with E-state index in [0.29, 0.717) is 5.54 Å². The van der Waals surface area contributed by atoms with Crippen molar-refractivity contribution in [1.29, 1.82) is 0 Å². The van der Waals surface area contributed by atoms with Crippen molar-refractivity contribution in [3.05, 3.63) is 0 Å². The van der Waals surface area contributed by atoms with E-state index in [-0.39, 0.29) is 0 Å². The van der Waals surface area contributed by atoms with Crippen LogP contribution in [0.1, 0.15) is 51.9 Å². The highest BCUT2D eigenvalue weighted by Gasteiger charge is 2.39. The minimum absolute atomic E-state index is 0.394.